The molecule has 8 heteroatoms. The standard InChI is InChI=1S/C17H21ClN2O4S/c1-25-9-8-14(17(23)24-10-15(21)19-11-6-7-11)20-16(22)12-4-2-3-5-13(12)18/h2-5,11,14H,6-10H2,1H3,(H,19,21)(H,20,22)/t14-/m0/s1. The van der Waals surface area contributed by atoms with Crippen LogP contribution in [-0.2, 0) is 14.3 Å². The van der Waals surface area contributed by atoms with Gasteiger partial charge in [-0.1, -0.05) is 23.7 Å². The predicted molar refractivity (Wildman–Crippen MR) is 97.8 cm³/mol. The van der Waals surface area contributed by atoms with Crippen molar-refractivity contribution in [2.75, 3.05) is 18.6 Å². The third-order valence-corrected chi connectivity index (χ3v) is 4.58. The fourth-order valence-corrected chi connectivity index (χ4v) is 2.79. The minimum atomic E-state index is -0.829. The maximum atomic E-state index is 12.3. The number of esters is 1. The van der Waals surface area contributed by atoms with E-state index in [1.165, 1.54) is 0 Å². The third kappa shape index (κ3) is 6.59. The van der Waals surface area contributed by atoms with Crippen molar-refractivity contribution >= 4 is 41.1 Å². The molecule has 0 aliphatic heterocycles. The van der Waals surface area contributed by atoms with E-state index < -0.39 is 17.9 Å². The molecule has 2 N–H and O–H groups in total. The molecular weight excluding hydrogens is 364 g/mol. The molecule has 0 heterocycles. The summed E-state index contributed by atoms with van der Waals surface area (Å²) in [7, 11) is 0. The van der Waals surface area contributed by atoms with Crippen LogP contribution in [0.15, 0.2) is 24.3 Å². The fourth-order valence-electron chi connectivity index (χ4n) is 2.10. The lowest BCUT2D eigenvalue weighted by atomic mass is 10.1. The average Bonchev–Trinajstić information content (AvgIpc) is 3.40. The smallest absolute Gasteiger partial charge is 0.329 e. The predicted octanol–water partition coefficient (Wildman–Crippen LogP) is 2.01. The first-order chi connectivity index (χ1) is 12.0. The maximum Gasteiger partial charge on any atom is 0.329 e. The van der Waals surface area contributed by atoms with Gasteiger partial charge in [-0.2, -0.15) is 11.8 Å². The second kappa shape index (κ2) is 9.68. The summed E-state index contributed by atoms with van der Waals surface area (Å²) in [6, 6.07) is 5.98. The molecule has 2 amide bonds. The van der Waals surface area contributed by atoms with Gasteiger partial charge in [-0.3, -0.25) is 9.59 Å². The number of carbonyl (C=O) groups excluding carboxylic acids is 3. The van der Waals surface area contributed by atoms with Crippen LogP contribution in [0, 0.1) is 0 Å². The summed E-state index contributed by atoms with van der Waals surface area (Å²) in [6.07, 6.45) is 4.23. The van der Waals surface area contributed by atoms with Gasteiger partial charge in [-0.15, -0.1) is 0 Å². The summed E-state index contributed by atoms with van der Waals surface area (Å²) in [5, 5.41) is 5.69. The Morgan fingerprint density at radius 1 is 1.32 bits per heavy atom. The van der Waals surface area contributed by atoms with Crippen molar-refractivity contribution in [1.29, 1.82) is 0 Å². The Bertz CT molecular complexity index is 637. The molecule has 0 bridgehead atoms. The van der Waals surface area contributed by atoms with E-state index in [9.17, 15) is 14.4 Å². The molecule has 1 aromatic carbocycles. The molecule has 1 aromatic rings. The molecule has 0 unspecified atom stereocenters. The van der Waals surface area contributed by atoms with Crippen molar-refractivity contribution in [3.8, 4) is 0 Å². The number of halogens is 1. The lowest BCUT2D eigenvalue weighted by Gasteiger charge is -2.17. The normalized spacial score (nSPS) is 14.5. The molecule has 6 nitrogen and oxygen atoms in total. The van der Waals surface area contributed by atoms with Gasteiger partial charge in [-0.05, 0) is 43.4 Å². The molecular formula is C17H21ClN2O4S. The highest BCUT2D eigenvalue weighted by Crippen LogP contribution is 2.18. The van der Waals surface area contributed by atoms with Crippen molar-refractivity contribution in [3.05, 3.63) is 34.9 Å². The van der Waals surface area contributed by atoms with E-state index in [-0.39, 0.29) is 24.1 Å². The van der Waals surface area contributed by atoms with Gasteiger partial charge in [0.1, 0.15) is 6.04 Å². The Morgan fingerprint density at radius 3 is 2.68 bits per heavy atom. The van der Waals surface area contributed by atoms with Gasteiger partial charge < -0.3 is 15.4 Å². The van der Waals surface area contributed by atoms with Crippen molar-refractivity contribution in [2.24, 2.45) is 0 Å². The van der Waals surface area contributed by atoms with Crippen molar-refractivity contribution in [3.63, 3.8) is 0 Å². The van der Waals surface area contributed by atoms with Gasteiger partial charge in [0.15, 0.2) is 6.61 Å². The zero-order valence-electron chi connectivity index (χ0n) is 13.9. The molecule has 0 radical (unpaired) electrons. The largest absolute Gasteiger partial charge is 0.454 e. The maximum absolute atomic E-state index is 12.3. The van der Waals surface area contributed by atoms with Gasteiger partial charge in [0.2, 0.25) is 0 Å². The van der Waals surface area contributed by atoms with Crippen LogP contribution < -0.4 is 10.6 Å². The van der Waals surface area contributed by atoms with Gasteiger partial charge in [0.25, 0.3) is 11.8 Å². The molecule has 25 heavy (non-hydrogen) atoms. The van der Waals surface area contributed by atoms with Crippen molar-refractivity contribution in [2.45, 2.75) is 31.3 Å². The second-order valence-electron chi connectivity index (χ2n) is 5.74. The summed E-state index contributed by atoms with van der Waals surface area (Å²) in [5.74, 6) is -0.731. The van der Waals surface area contributed by atoms with E-state index in [2.05, 4.69) is 10.6 Å². The highest BCUT2D eigenvalue weighted by atomic mass is 35.5. The van der Waals surface area contributed by atoms with Crippen LogP contribution in [0.1, 0.15) is 29.6 Å². The van der Waals surface area contributed by atoms with Gasteiger partial charge in [0.05, 0.1) is 10.6 Å². The van der Waals surface area contributed by atoms with Crippen LogP contribution in [0.2, 0.25) is 5.02 Å². The highest BCUT2D eigenvalue weighted by Gasteiger charge is 2.26. The molecule has 1 saturated carbocycles. The number of hydrogen-bond donors (Lipinski definition) is 2. The van der Waals surface area contributed by atoms with Crippen molar-refractivity contribution in [1.82, 2.24) is 10.6 Å². The van der Waals surface area contributed by atoms with E-state index >= 15 is 0 Å². The summed E-state index contributed by atoms with van der Waals surface area (Å²) >= 11 is 7.56. The van der Waals surface area contributed by atoms with Crippen LogP contribution in [0.3, 0.4) is 0 Å². The first-order valence-corrected chi connectivity index (χ1v) is 9.78. The van der Waals surface area contributed by atoms with Crippen LogP contribution in [0.4, 0.5) is 0 Å². The number of rotatable bonds is 9. The SMILES string of the molecule is CSCC[C@H](NC(=O)c1ccccc1Cl)C(=O)OCC(=O)NC1CC1. The van der Waals surface area contributed by atoms with Crippen LogP contribution in [0.5, 0.6) is 0 Å². The van der Waals surface area contributed by atoms with Gasteiger partial charge in [-0.25, -0.2) is 4.79 Å². The zero-order chi connectivity index (χ0) is 18.2. The fraction of sp³-hybridized carbons (Fsp3) is 0.471. The average molecular weight is 385 g/mol. The first kappa shape index (κ1) is 19.6. The lowest BCUT2D eigenvalue weighted by molar-refractivity contribution is -0.150. The summed E-state index contributed by atoms with van der Waals surface area (Å²) in [4.78, 5) is 36.2. The first-order valence-electron chi connectivity index (χ1n) is 8.01. The number of nitrogens with one attached hydrogen (secondary N) is 2. The van der Waals surface area contributed by atoms with E-state index in [4.69, 9.17) is 16.3 Å². The minimum Gasteiger partial charge on any atom is -0.454 e. The Morgan fingerprint density at radius 2 is 2.04 bits per heavy atom. The quantitative estimate of drug-likeness (QED) is 0.636. The number of carbonyl (C=O) groups is 3. The molecule has 1 aliphatic rings. The van der Waals surface area contributed by atoms with E-state index in [1.807, 2.05) is 6.26 Å². The lowest BCUT2D eigenvalue weighted by Crippen LogP contribution is -2.43. The third-order valence-electron chi connectivity index (χ3n) is 3.61. The van der Waals surface area contributed by atoms with Gasteiger partial charge >= 0.3 is 5.97 Å². The summed E-state index contributed by atoms with van der Waals surface area (Å²) in [5.41, 5.74) is 0.289. The Labute approximate surface area is 156 Å². The van der Waals surface area contributed by atoms with Crippen molar-refractivity contribution < 1.29 is 19.1 Å². The van der Waals surface area contributed by atoms with Crippen LogP contribution >= 0.6 is 23.4 Å². The highest BCUT2D eigenvalue weighted by molar-refractivity contribution is 7.98. The topological polar surface area (TPSA) is 84.5 Å². The molecule has 1 aliphatic carbocycles. The van der Waals surface area contributed by atoms with Gasteiger partial charge in [0, 0.05) is 6.04 Å². The summed E-state index contributed by atoms with van der Waals surface area (Å²) < 4.78 is 5.05. The number of ether oxygens (including phenoxy) is 1. The molecule has 0 spiro atoms. The van der Waals surface area contributed by atoms with E-state index in [0.29, 0.717) is 17.2 Å². The summed E-state index contributed by atoms with van der Waals surface area (Å²) in [6.45, 7) is -0.340. The Kier molecular flexibility index (Phi) is 7.58. The molecule has 0 aromatic heterocycles. The van der Waals surface area contributed by atoms with E-state index in [0.717, 1.165) is 12.8 Å². The van der Waals surface area contributed by atoms with E-state index in [1.54, 1.807) is 36.0 Å². The Balaban J connectivity index is 1.91. The minimum absolute atomic E-state index is 0.207. The number of thioether (sulfide) groups is 1. The molecule has 0 saturated heterocycles. The monoisotopic (exact) mass is 384 g/mol. The number of hydrogen-bond acceptors (Lipinski definition) is 5. The number of benzene rings is 1. The molecule has 1 fully saturated rings. The molecule has 136 valence electrons. The zero-order valence-corrected chi connectivity index (χ0v) is 15.5. The Hall–Kier alpha value is -1.73. The number of amides is 2. The van der Waals surface area contributed by atoms with Crippen LogP contribution in [0.25, 0.3) is 0 Å². The second-order valence-corrected chi connectivity index (χ2v) is 7.13. The molecule has 1 atom stereocenters. The molecule has 2 rings (SSSR count). The van der Waals surface area contributed by atoms with Crippen LogP contribution in [-0.4, -0.2) is 48.5 Å².